The Morgan fingerprint density at radius 3 is 2.50 bits per heavy atom. The highest BCUT2D eigenvalue weighted by Crippen LogP contribution is 2.34. The lowest BCUT2D eigenvalue weighted by Crippen LogP contribution is -2.48. The van der Waals surface area contributed by atoms with Gasteiger partial charge in [0.25, 0.3) is 5.91 Å². The summed E-state index contributed by atoms with van der Waals surface area (Å²) in [6.07, 6.45) is 1.55. The van der Waals surface area contributed by atoms with Crippen LogP contribution in [-0.2, 0) is 11.2 Å². The van der Waals surface area contributed by atoms with Crippen LogP contribution in [0.25, 0.3) is 0 Å². The van der Waals surface area contributed by atoms with Gasteiger partial charge >= 0.3 is 0 Å². The van der Waals surface area contributed by atoms with Crippen molar-refractivity contribution in [1.29, 1.82) is 0 Å². The van der Waals surface area contributed by atoms with Crippen molar-refractivity contribution in [2.45, 2.75) is 25.8 Å². The molecule has 2 aromatic carbocycles. The third-order valence-electron chi connectivity index (χ3n) is 6.29. The number of ether oxygens (including phenoxy) is 3. The molecule has 3 aromatic rings. The SMILES string of the molecule is CCCN(CC(=O)N1CCc2sccc2[C@H]1COc1cccc(OC)c1)C(=O)c1cccc(OC)c1. The number of benzene rings is 2. The van der Waals surface area contributed by atoms with E-state index in [1.54, 1.807) is 54.7 Å². The molecule has 0 unspecified atom stereocenters. The van der Waals surface area contributed by atoms with Gasteiger partial charge in [0.2, 0.25) is 5.91 Å². The van der Waals surface area contributed by atoms with E-state index in [9.17, 15) is 9.59 Å². The Bertz CT molecular complexity index is 1190. The molecule has 0 radical (unpaired) electrons. The molecule has 190 valence electrons. The molecule has 1 aromatic heterocycles. The highest BCUT2D eigenvalue weighted by Gasteiger charge is 2.33. The molecule has 1 aliphatic rings. The number of hydrogen-bond acceptors (Lipinski definition) is 6. The molecule has 0 bridgehead atoms. The Hall–Kier alpha value is -3.52. The third kappa shape index (κ3) is 5.82. The van der Waals surface area contributed by atoms with Gasteiger partial charge in [0.15, 0.2) is 0 Å². The average molecular weight is 509 g/mol. The Balaban J connectivity index is 1.52. The largest absolute Gasteiger partial charge is 0.497 e. The number of nitrogens with zero attached hydrogens (tertiary/aromatic N) is 2. The summed E-state index contributed by atoms with van der Waals surface area (Å²) < 4.78 is 16.7. The number of methoxy groups -OCH3 is 2. The predicted molar refractivity (Wildman–Crippen MR) is 140 cm³/mol. The standard InChI is InChI=1S/C28H32N2O5S/c1-4-13-29(28(32)20-7-5-8-21(16-20)33-2)18-27(31)30-14-11-26-24(12-15-36-26)25(30)19-35-23-10-6-9-22(17-23)34-3/h5-10,12,15-17,25H,4,11,13-14,18-19H2,1-3H3/t25-/m1/s1. The van der Waals surface area contributed by atoms with Gasteiger partial charge in [0.1, 0.15) is 30.4 Å². The van der Waals surface area contributed by atoms with E-state index in [1.165, 1.54) is 4.88 Å². The Labute approximate surface area is 216 Å². The average Bonchev–Trinajstić information content (AvgIpc) is 3.40. The second-order valence-electron chi connectivity index (χ2n) is 8.60. The minimum Gasteiger partial charge on any atom is -0.497 e. The van der Waals surface area contributed by atoms with Gasteiger partial charge in [-0.1, -0.05) is 19.1 Å². The third-order valence-corrected chi connectivity index (χ3v) is 7.28. The second-order valence-corrected chi connectivity index (χ2v) is 9.60. The summed E-state index contributed by atoms with van der Waals surface area (Å²) in [7, 11) is 3.19. The molecule has 0 spiro atoms. The molecule has 2 heterocycles. The van der Waals surface area contributed by atoms with E-state index in [4.69, 9.17) is 14.2 Å². The van der Waals surface area contributed by atoms with E-state index < -0.39 is 0 Å². The first-order valence-corrected chi connectivity index (χ1v) is 13.0. The van der Waals surface area contributed by atoms with Crippen LogP contribution < -0.4 is 14.2 Å². The number of hydrogen-bond donors (Lipinski definition) is 0. The van der Waals surface area contributed by atoms with Crippen LogP contribution in [0.2, 0.25) is 0 Å². The first kappa shape index (κ1) is 25.6. The molecular weight excluding hydrogens is 476 g/mol. The first-order valence-electron chi connectivity index (χ1n) is 12.1. The van der Waals surface area contributed by atoms with Gasteiger partial charge in [-0.3, -0.25) is 9.59 Å². The lowest BCUT2D eigenvalue weighted by Gasteiger charge is -2.37. The van der Waals surface area contributed by atoms with Crippen LogP contribution >= 0.6 is 11.3 Å². The first-order chi connectivity index (χ1) is 17.5. The molecule has 0 fully saturated rings. The van der Waals surface area contributed by atoms with E-state index in [1.807, 2.05) is 36.1 Å². The van der Waals surface area contributed by atoms with Gasteiger partial charge in [-0.25, -0.2) is 0 Å². The van der Waals surface area contributed by atoms with Gasteiger partial charge < -0.3 is 24.0 Å². The molecular formula is C28H32N2O5S. The topological polar surface area (TPSA) is 68.3 Å². The number of amides is 2. The Morgan fingerprint density at radius 1 is 1.03 bits per heavy atom. The summed E-state index contributed by atoms with van der Waals surface area (Å²) in [6, 6.07) is 16.3. The quantitative estimate of drug-likeness (QED) is 0.393. The van der Waals surface area contributed by atoms with Crippen molar-refractivity contribution in [1.82, 2.24) is 9.80 Å². The maximum Gasteiger partial charge on any atom is 0.254 e. The summed E-state index contributed by atoms with van der Waals surface area (Å²) in [5.74, 6) is 1.74. The van der Waals surface area contributed by atoms with Gasteiger partial charge in [-0.05, 0) is 60.2 Å². The fourth-order valence-corrected chi connectivity index (χ4v) is 5.38. The molecule has 0 saturated heterocycles. The van der Waals surface area contributed by atoms with E-state index in [0.29, 0.717) is 42.5 Å². The van der Waals surface area contributed by atoms with Gasteiger partial charge in [-0.2, -0.15) is 0 Å². The van der Waals surface area contributed by atoms with Crippen LogP contribution in [0.5, 0.6) is 17.2 Å². The normalized spacial score (nSPS) is 14.6. The van der Waals surface area contributed by atoms with E-state index >= 15 is 0 Å². The Kier molecular flexibility index (Phi) is 8.48. The summed E-state index contributed by atoms with van der Waals surface area (Å²) in [5.41, 5.74) is 1.62. The van der Waals surface area contributed by atoms with Crippen molar-refractivity contribution in [3.05, 3.63) is 76.0 Å². The maximum atomic E-state index is 13.6. The number of carbonyl (C=O) groups is 2. The summed E-state index contributed by atoms with van der Waals surface area (Å²) in [5, 5.41) is 2.06. The zero-order chi connectivity index (χ0) is 25.5. The molecule has 0 aliphatic carbocycles. The molecule has 0 saturated carbocycles. The monoisotopic (exact) mass is 508 g/mol. The number of thiophene rings is 1. The summed E-state index contributed by atoms with van der Waals surface area (Å²) >= 11 is 1.71. The molecule has 0 N–H and O–H groups in total. The molecule has 7 nitrogen and oxygen atoms in total. The molecule has 36 heavy (non-hydrogen) atoms. The number of rotatable bonds is 10. The minimum absolute atomic E-state index is 0.0129. The smallest absolute Gasteiger partial charge is 0.254 e. The van der Waals surface area contributed by atoms with Crippen molar-refractivity contribution in [3.63, 3.8) is 0 Å². The molecule has 2 amide bonds. The molecule has 4 rings (SSSR count). The second kappa shape index (κ2) is 11.9. The van der Waals surface area contributed by atoms with Crippen molar-refractivity contribution >= 4 is 23.2 Å². The van der Waals surface area contributed by atoms with E-state index in [0.717, 1.165) is 18.4 Å². The fourth-order valence-electron chi connectivity index (χ4n) is 4.46. The number of carbonyl (C=O) groups excluding carboxylic acids is 2. The molecule has 1 aliphatic heterocycles. The van der Waals surface area contributed by atoms with Gasteiger partial charge in [-0.15, -0.1) is 11.3 Å². The number of fused-ring (bicyclic) bond motifs is 1. The molecule has 1 atom stereocenters. The zero-order valence-electron chi connectivity index (χ0n) is 20.9. The van der Waals surface area contributed by atoms with Crippen LogP contribution in [0.1, 0.15) is 40.2 Å². The fraction of sp³-hybridized carbons (Fsp3) is 0.357. The van der Waals surface area contributed by atoms with Gasteiger partial charge in [0, 0.05) is 29.6 Å². The van der Waals surface area contributed by atoms with Crippen LogP contribution in [0, 0.1) is 0 Å². The van der Waals surface area contributed by atoms with Crippen molar-refractivity contribution in [2.24, 2.45) is 0 Å². The highest BCUT2D eigenvalue weighted by molar-refractivity contribution is 7.10. The summed E-state index contributed by atoms with van der Waals surface area (Å²) in [6.45, 7) is 3.41. The van der Waals surface area contributed by atoms with Crippen LogP contribution in [0.3, 0.4) is 0 Å². The van der Waals surface area contributed by atoms with Crippen molar-refractivity contribution < 1.29 is 23.8 Å². The molecule has 8 heteroatoms. The van der Waals surface area contributed by atoms with E-state index in [-0.39, 0.29) is 24.4 Å². The van der Waals surface area contributed by atoms with Crippen LogP contribution in [-0.4, -0.2) is 62.1 Å². The zero-order valence-corrected chi connectivity index (χ0v) is 21.8. The minimum atomic E-state index is -0.228. The predicted octanol–water partition coefficient (Wildman–Crippen LogP) is 4.82. The lowest BCUT2D eigenvalue weighted by molar-refractivity contribution is -0.135. The van der Waals surface area contributed by atoms with Crippen molar-refractivity contribution in [2.75, 3.05) is 40.5 Å². The van der Waals surface area contributed by atoms with E-state index in [2.05, 4.69) is 11.4 Å². The Morgan fingerprint density at radius 2 is 1.75 bits per heavy atom. The van der Waals surface area contributed by atoms with Crippen LogP contribution in [0.4, 0.5) is 0 Å². The van der Waals surface area contributed by atoms with Gasteiger partial charge in [0.05, 0.1) is 20.3 Å². The van der Waals surface area contributed by atoms with Crippen molar-refractivity contribution in [3.8, 4) is 17.2 Å². The summed E-state index contributed by atoms with van der Waals surface area (Å²) in [4.78, 5) is 31.7. The lowest BCUT2D eigenvalue weighted by atomic mass is 10.0. The van der Waals surface area contributed by atoms with Crippen LogP contribution in [0.15, 0.2) is 60.0 Å². The highest BCUT2D eigenvalue weighted by atomic mass is 32.1. The maximum absolute atomic E-state index is 13.6.